The van der Waals surface area contributed by atoms with Crippen LogP contribution in [0.5, 0.6) is 0 Å². The van der Waals surface area contributed by atoms with Gasteiger partial charge in [0.2, 0.25) is 11.8 Å². The van der Waals surface area contributed by atoms with Gasteiger partial charge in [0, 0.05) is 31.9 Å². The van der Waals surface area contributed by atoms with E-state index >= 15 is 0 Å². The molecule has 0 aromatic heterocycles. The Labute approximate surface area is 206 Å². The molecule has 0 unspecified atom stereocenters. The zero-order valence-electron chi connectivity index (χ0n) is 20.6. The number of alkyl carbamates (subject to hydrolysis) is 1. The molecule has 1 heterocycles. The maximum atomic E-state index is 13.3. The molecule has 0 spiro atoms. The lowest BCUT2D eigenvalue weighted by atomic mass is 9.76. The number of piperazine rings is 1. The maximum Gasteiger partial charge on any atom is 0.407 e. The standard InChI is InChI=1S/C25H38N4O6/c1-17(2)14-18(16-30)26-25(33)35-20-8-9-21(22(15-20)23(31)27-34)24(32)29-12-10-28(11-13-29)19-6-4-3-5-7-19/h3-7,17-18,20-22,30,34H,8-16H2,1-2H3,(H,26,33)(H,27,31)/t18-,20-,21+,22+/m1/s1. The van der Waals surface area contributed by atoms with Crippen LogP contribution in [-0.4, -0.2) is 78.1 Å². The molecule has 4 N–H and O–H groups in total. The quantitative estimate of drug-likeness (QED) is 0.323. The van der Waals surface area contributed by atoms with Crippen LogP contribution in [0.3, 0.4) is 0 Å². The van der Waals surface area contributed by atoms with Crippen molar-refractivity contribution in [3.63, 3.8) is 0 Å². The normalized spacial score (nSPS) is 23.5. The second-order valence-electron chi connectivity index (χ2n) is 9.83. The maximum absolute atomic E-state index is 13.3. The molecule has 0 bridgehead atoms. The Morgan fingerprint density at radius 2 is 1.74 bits per heavy atom. The van der Waals surface area contributed by atoms with Gasteiger partial charge in [-0.15, -0.1) is 0 Å². The Morgan fingerprint density at radius 1 is 1.06 bits per heavy atom. The number of aliphatic hydroxyl groups excluding tert-OH is 1. The lowest BCUT2D eigenvalue weighted by Crippen LogP contribution is -2.53. The van der Waals surface area contributed by atoms with Crippen LogP contribution < -0.4 is 15.7 Å². The highest BCUT2D eigenvalue weighted by Crippen LogP contribution is 2.34. The summed E-state index contributed by atoms with van der Waals surface area (Å²) >= 11 is 0. The van der Waals surface area contributed by atoms with E-state index in [1.165, 1.54) is 0 Å². The number of benzene rings is 1. The van der Waals surface area contributed by atoms with Crippen LogP contribution in [0.1, 0.15) is 39.5 Å². The number of aliphatic hydroxyl groups is 1. The van der Waals surface area contributed by atoms with Gasteiger partial charge in [0.25, 0.3) is 0 Å². The van der Waals surface area contributed by atoms with Gasteiger partial charge in [0.05, 0.1) is 24.5 Å². The third kappa shape index (κ3) is 7.32. The molecular formula is C25H38N4O6. The Balaban J connectivity index is 1.56. The topological polar surface area (TPSA) is 131 Å². The number of hydrogen-bond donors (Lipinski definition) is 4. The summed E-state index contributed by atoms with van der Waals surface area (Å²) in [6.07, 6.45) is 0.364. The number of carbonyl (C=O) groups excluding carboxylic acids is 3. The highest BCUT2D eigenvalue weighted by atomic mass is 16.6. The van der Waals surface area contributed by atoms with Crippen LogP contribution in [0.25, 0.3) is 0 Å². The largest absolute Gasteiger partial charge is 0.446 e. The van der Waals surface area contributed by atoms with Crippen LogP contribution in [0.15, 0.2) is 30.3 Å². The molecule has 10 heteroatoms. The van der Waals surface area contributed by atoms with Gasteiger partial charge in [-0.3, -0.25) is 14.8 Å². The summed E-state index contributed by atoms with van der Waals surface area (Å²) in [6, 6.07) is 9.62. The predicted molar refractivity (Wildman–Crippen MR) is 130 cm³/mol. The number of ether oxygens (including phenoxy) is 1. The monoisotopic (exact) mass is 490 g/mol. The average Bonchev–Trinajstić information content (AvgIpc) is 2.87. The van der Waals surface area contributed by atoms with Crippen LogP contribution in [-0.2, 0) is 14.3 Å². The molecule has 2 fully saturated rings. The van der Waals surface area contributed by atoms with Gasteiger partial charge in [0.15, 0.2) is 0 Å². The molecule has 2 aliphatic rings. The first kappa shape index (κ1) is 26.7. The first-order valence-electron chi connectivity index (χ1n) is 12.4. The molecular weight excluding hydrogens is 452 g/mol. The highest BCUT2D eigenvalue weighted by molar-refractivity contribution is 5.87. The van der Waals surface area contributed by atoms with Gasteiger partial charge in [-0.25, -0.2) is 10.3 Å². The van der Waals surface area contributed by atoms with Crippen molar-refractivity contribution in [3.8, 4) is 0 Å². The summed E-state index contributed by atoms with van der Waals surface area (Å²) in [7, 11) is 0. The van der Waals surface area contributed by atoms with E-state index < -0.39 is 36.0 Å². The van der Waals surface area contributed by atoms with Crippen molar-refractivity contribution in [2.24, 2.45) is 17.8 Å². The minimum atomic E-state index is -0.796. The number of carbonyl (C=O) groups is 3. The summed E-state index contributed by atoms with van der Waals surface area (Å²) in [5, 5.41) is 21.4. The Hall–Kier alpha value is -2.85. The highest BCUT2D eigenvalue weighted by Gasteiger charge is 2.42. The molecule has 10 nitrogen and oxygen atoms in total. The van der Waals surface area contributed by atoms with E-state index in [1.54, 1.807) is 10.4 Å². The second kappa shape index (κ2) is 12.7. The van der Waals surface area contributed by atoms with E-state index in [0.717, 1.165) is 5.69 Å². The number of hydrogen-bond acceptors (Lipinski definition) is 7. The first-order chi connectivity index (χ1) is 16.8. The fourth-order valence-electron chi connectivity index (χ4n) is 5.07. The van der Waals surface area contributed by atoms with E-state index in [1.807, 2.05) is 44.2 Å². The molecule has 4 atom stereocenters. The fraction of sp³-hybridized carbons (Fsp3) is 0.640. The van der Waals surface area contributed by atoms with E-state index in [9.17, 15) is 24.7 Å². The number of rotatable bonds is 8. The molecule has 35 heavy (non-hydrogen) atoms. The molecule has 1 aliphatic heterocycles. The zero-order chi connectivity index (χ0) is 25.4. The van der Waals surface area contributed by atoms with Crippen LogP contribution in [0.4, 0.5) is 10.5 Å². The Morgan fingerprint density at radius 3 is 2.34 bits per heavy atom. The van der Waals surface area contributed by atoms with Crippen molar-refractivity contribution >= 4 is 23.6 Å². The summed E-state index contributed by atoms with van der Waals surface area (Å²) in [6.45, 7) is 6.31. The van der Waals surface area contributed by atoms with Crippen molar-refractivity contribution in [3.05, 3.63) is 30.3 Å². The molecule has 3 amide bonds. The number of nitrogens with one attached hydrogen (secondary N) is 2. The lowest BCUT2D eigenvalue weighted by Gasteiger charge is -2.40. The van der Waals surface area contributed by atoms with Gasteiger partial charge in [-0.1, -0.05) is 32.0 Å². The van der Waals surface area contributed by atoms with E-state index in [-0.39, 0.29) is 18.9 Å². The van der Waals surface area contributed by atoms with Crippen molar-refractivity contribution in [1.29, 1.82) is 0 Å². The van der Waals surface area contributed by atoms with Crippen molar-refractivity contribution in [2.75, 3.05) is 37.7 Å². The first-order valence-corrected chi connectivity index (χ1v) is 12.4. The minimum absolute atomic E-state index is 0.105. The second-order valence-corrected chi connectivity index (χ2v) is 9.83. The number of amides is 3. The van der Waals surface area contributed by atoms with Gasteiger partial charge >= 0.3 is 6.09 Å². The lowest BCUT2D eigenvalue weighted by molar-refractivity contribution is -0.149. The van der Waals surface area contributed by atoms with Crippen LogP contribution in [0.2, 0.25) is 0 Å². The Bertz CT molecular complexity index is 844. The zero-order valence-corrected chi connectivity index (χ0v) is 20.6. The van der Waals surface area contributed by atoms with Gasteiger partial charge in [0.1, 0.15) is 6.10 Å². The fourth-order valence-corrected chi connectivity index (χ4v) is 5.07. The molecule has 1 aliphatic carbocycles. The van der Waals surface area contributed by atoms with Gasteiger partial charge in [-0.2, -0.15) is 0 Å². The summed E-state index contributed by atoms with van der Waals surface area (Å²) in [5.41, 5.74) is 2.80. The molecule has 1 aromatic carbocycles. The van der Waals surface area contributed by atoms with Crippen molar-refractivity contribution in [1.82, 2.24) is 15.7 Å². The number of nitrogens with zero attached hydrogens (tertiary/aromatic N) is 2. The van der Waals surface area contributed by atoms with Gasteiger partial charge < -0.3 is 25.0 Å². The number of para-hydroxylation sites is 1. The van der Waals surface area contributed by atoms with Crippen LogP contribution >= 0.6 is 0 Å². The SMILES string of the molecule is CC(C)C[C@H](CO)NC(=O)O[C@@H]1CC[C@H](C(=O)N2CCN(c3ccccc3)CC2)[C@@H](C(=O)NO)C1. The molecule has 0 radical (unpaired) electrons. The summed E-state index contributed by atoms with van der Waals surface area (Å²) < 4.78 is 5.51. The third-order valence-electron chi connectivity index (χ3n) is 6.85. The smallest absolute Gasteiger partial charge is 0.407 e. The molecule has 1 saturated heterocycles. The molecule has 194 valence electrons. The van der Waals surface area contributed by atoms with Crippen molar-refractivity contribution < 1.29 is 29.4 Å². The minimum Gasteiger partial charge on any atom is -0.446 e. The van der Waals surface area contributed by atoms with Crippen molar-refractivity contribution in [2.45, 2.75) is 51.7 Å². The predicted octanol–water partition coefficient (Wildman–Crippen LogP) is 1.76. The number of hydroxylamine groups is 1. The van der Waals surface area contributed by atoms with E-state index in [0.29, 0.717) is 51.4 Å². The van der Waals surface area contributed by atoms with Crippen LogP contribution in [0, 0.1) is 17.8 Å². The molecule has 1 saturated carbocycles. The Kier molecular flexibility index (Phi) is 9.73. The third-order valence-corrected chi connectivity index (χ3v) is 6.85. The van der Waals surface area contributed by atoms with Gasteiger partial charge in [-0.05, 0) is 43.7 Å². The molecule has 3 rings (SSSR count). The summed E-state index contributed by atoms with van der Waals surface area (Å²) in [5.74, 6) is -1.84. The van der Waals surface area contributed by atoms with E-state index in [2.05, 4.69) is 10.2 Å². The average molecular weight is 491 g/mol. The van der Waals surface area contributed by atoms with E-state index in [4.69, 9.17) is 4.74 Å². The summed E-state index contributed by atoms with van der Waals surface area (Å²) in [4.78, 5) is 42.1. The number of anilines is 1. The molecule has 1 aromatic rings.